The Morgan fingerprint density at radius 2 is 1.25 bits per heavy atom. The van der Waals surface area contributed by atoms with Crippen LogP contribution in [0.15, 0.2) is 103 Å². The third kappa shape index (κ3) is 19.4. The van der Waals surface area contributed by atoms with Crippen LogP contribution in [-0.2, 0) is 63.4 Å². The van der Waals surface area contributed by atoms with E-state index in [0.717, 1.165) is 27.8 Å². The Morgan fingerprint density at radius 1 is 0.693 bits per heavy atom. The maximum atomic E-state index is 14.3. The van der Waals surface area contributed by atoms with Gasteiger partial charge in [-0.05, 0) is 91.4 Å². The second kappa shape index (κ2) is 33.5. The third-order valence-electron chi connectivity index (χ3n) is 18.0. The molecule has 0 fully saturated rings. The Hall–Kier alpha value is -7.12. The van der Waals surface area contributed by atoms with Gasteiger partial charge in [0.2, 0.25) is 17.7 Å². The van der Waals surface area contributed by atoms with Crippen molar-refractivity contribution in [3.05, 3.63) is 120 Å². The van der Waals surface area contributed by atoms with E-state index >= 15 is 0 Å². The summed E-state index contributed by atoms with van der Waals surface area (Å²) in [6.45, 7) is 31.8. The van der Waals surface area contributed by atoms with E-state index in [2.05, 4.69) is 63.2 Å². The van der Waals surface area contributed by atoms with Crippen LogP contribution in [0.4, 0.5) is 4.79 Å². The number of fused-ring (bicyclic) bond motifs is 3. The number of amides is 5. The number of nitrogens with one attached hydrogen (secondary N) is 2. The van der Waals surface area contributed by atoms with Gasteiger partial charge in [0.05, 0.1) is 12.6 Å². The van der Waals surface area contributed by atoms with Crippen molar-refractivity contribution in [2.45, 2.75) is 189 Å². The first-order valence-corrected chi connectivity index (χ1v) is 34.0. The van der Waals surface area contributed by atoms with Crippen molar-refractivity contribution in [2.75, 3.05) is 40.9 Å². The Labute approximate surface area is 525 Å². The summed E-state index contributed by atoms with van der Waals surface area (Å²) in [4.78, 5) is 115. The molecule has 19 heteroatoms. The number of hydrogen-bond acceptors (Lipinski definition) is 13. The smallest absolute Gasteiger partial charge is 0.410 e. The molecule has 0 saturated heterocycles. The van der Waals surface area contributed by atoms with Crippen molar-refractivity contribution < 1.29 is 61.7 Å². The molecule has 5 amide bonds. The molecule has 0 radical (unpaired) electrons. The standard InChI is InChI=1S/C69H101N5O13Si/c1-20-39-83-67(81)59(43(5)21-2)71-58(75)41-72(15)64(78)56(40-50-31-25-24-26-32-50)74(17)63(77)48(10)70-62(76)61(45(7)23-4)86-65(79)46(8)37-38-57(87-88(18,19)69(12,13)14)47(9)60(44(6)22-3)85-66(80)49(11)73(16)68(82)84-42-55-53-35-29-27-33-51(53)52-34-28-30-36-54(52)55/h20,24-37,43-45,47-49,55-57,59-61H,1,21-23,38-42H2,2-19H3,(H,70,76)(H,71,75)/b46-37+/t43-,44-,45-,47-,48-,49-,56+,57-,59-,60-,61+/m0/s1. The van der Waals surface area contributed by atoms with Crippen molar-refractivity contribution in [1.82, 2.24) is 25.3 Å². The number of likely N-dealkylation sites (N-methyl/N-ethyl adjacent to an activating group) is 3. The normalized spacial score (nSPS) is 16.2. The molecule has 2 N–H and O–H groups in total. The van der Waals surface area contributed by atoms with Gasteiger partial charge in [0, 0.05) is 50.9 Å². The van der Waals surface area contributed by atoms with Gasteiger partial charge in [-0.3, -0.25) is 24.1 Å². The maximum absolute atomic E-state index is 14.3. The average molecular weight is 1240 g/mol. The molecule has 1 aliphatic rings. The number of benzene rings is 3. The number of carbonyl (C=O) groups excluding carboxylic acids is 8. The lowest BCUT2D eigenvalue weighted by Gasteiger charge is -2.43. The van der Waals surface area contributed by atoms with Crippen LogP contribution < -0.4 is 10.6 Å². The minimum atomic E-state index is -2.53. The second-order valence-corrected chi connectivity index (χ2v) is 30.2. The highest BCUT2D eigenvalue weighted by atomic mass is 28.4. The van der Waals surface area contributed by atoms with Gasteiger partial charge in [-0.15, -0.1) is 0 Å². The van der Waals surface area contributed by atoms with Crippen molar-refractivity contribution in [3.63, 3.8) is 0 Å². The summed E-state index contributed by atoms with van der Waals surface area (Å²) < 4.78 is 30.7. The van der Waals surface area contributed by atoms with E-state index in [0.29, 0.717) is 19.3 Å². The monoisotopic (exact) mass is 1240 g/mol. The molecule has 0 aromatic heterocycles. The first kappa shape index (κ1) is 73.3. The van der Waals surface area contributed by atoms with Crippen LogP contribution in [0.1, 0.15) is 138 Å². The molecule has 0 spiro atoms. The van der Waals surface area contributed by atoms with Gasteiger partial charge >= 0.3 is 24.0 Å². The SMILES string of the molecule is C=CCOC(=O)[C@@H](NC(=O)CN(C)C(=O)[C@@H](Cc1ccccc1)N(C)C(=O)[C@H](C)NC(=O)[C@H](OC(=O)/C(C)=C/C[C@H](O[Si](C)(C)C(C)(C)C)[C@H](C)[C@@H](OC(=O)[C@H](C)N(C)C(=O)OCC1c2ccccc2-c2ccccc21)[C@@H](C)CC)[C@@H](C)CC)[C@@H](C)CC. The van der Waals surface area contributed by atoms with Crippen molar-refractivity contribution in [3.8, 4) is 11.1 Å². The molecule has 4 rings (SSSR count). The quantitative estimate of drug-likeness (QED) is 0.0196. The Bertz CT molecular complexity index is 2860. The molecule has 3 aromatic rings. The molecule has 1 aliphatic carbocycles. The van der Waals surface area contributed by atoms with Crippen LogP contribution >= 0.6 is 0 Å². The third-order valence-corrected chi connectivity index (χ3v) is 22.5. The predicted octanol–water partition coefficient (Wildman–Crippen LogP) is 10.8. The van der Waals surface area contributed by atoms with Gasteiger partial charge in [0.15, 0.2) is 14.4 Å². The minimum Gasteiger partial charge on any atom is -0.460 e. The van der Waals surface area contributed by atoms with E-state index in [9.17, 15) is 38.4 Å². The summed E-state index contributed by atoms with van der Waals surface area (Å²) in [5, 5.41) is 5.24. The van der Waals surface area contributed by atoms with E-state index in [1.165, 1.54) is 48.8 Å². The fourth-order valence-electron chi connectivity index (χ4n) is 10.3. The van der Waals surface area contributed by atoms with E-state index < -0.39 is 117 Å². The molecule has 18 nitrogen and oxygen atoms in total. The number of carbonyl (C=O) groups is 8. The molecule has 11 atom stereocenters. The maximum Gasteiger partial charge on any atom is 0.410 e. The lowest BCUT2D eigenvalue weighted by atomic mass is 9.86. The first-order chi connectivity index (χ1) is 41.3. The summed E-state index contributed by atoms with van der Waals surface area (Å²) in [5.41, 5.74) is 5.29. The molecular formula is C69H101N5O13Si. The zero-order chi connectivity index (χ0) is 66.0. The van der Waals surface area contributed by atoms with Crippen molar-refractivity contribution in [2.24, 2.45) is 23.7 Å². The van der Waals surface area contributed by atoms with Crippen LogP contribution in [-0.4, -0.2) is 154 Å². The topological polar surface area (TPSA) is 216 Å². The fraction of sp³-hybridized carbons (Fsp3) is 0.565. The molecule has 0 unspecified atom stereocenters. The Morgan fingerprint density at radius 3 is 1.80 bits per heavy atom. The summed E-state index contributed by atoms with van der Waals surface area (Å²) in [7, 11) is 1.88. The summed E-state index contributed by atoms with van der Waals surface area (Å²) in [6.07, 6.45) is 1.91. The molecule has 484 valence electrons. The molecule has 88 heavy (non-hydrogen) atoms. The number of ether oxygens (including phenoxy) is 4. The van der Waals surface area contributed by atoms with Crippen LogP contribution in [0, 0.1) is 23.7 Å². The van der Waals surface area contributed by atoms with Gasteiger partial charge in [0.1, 0.15) is 43.5 Å². The van der Waals surface area contributed by atoms with Crippen LogP contribution in [0.5, 0.6) is 0 Å². The lowest BCUT2D eigenvalue weighted by Crippen LogP contribution is -2.57. The first-order valence-electron chi connectivity index (χ1n) is 31.1. The second-order valence-electron chi connectivity index (χ2n) is 25.4. The molecule has 0 bridgehead atoms. The number of nitrogens with zero attached hydrogens (tertiary/aromatic N) is 3. The number of rotatable bonds is 32. The fourth-order valence-corrected chi connectivity index (χ4v) is 11.7. The van der Waals surface area contributed by atoms with Gasteiger partial charge < -0.3 is 43.8 Å². The predicted molar refractivity (Wildman–Crippen MR) is 345 cm³/mol. The number of hydrogen-bond donors (Lipinski definition) is 2. The zero-order valence-corrected chi connectivity index (χ0v) is 56.6. The highest BCUT2D eigenvalue weighted by Gasteiger charge is 2.44. The van der Waals surface area contributed by atoms with E-state index in [4.69, 9.17) is 23.4 Å². The van der Waals surface area contributed by atoms with E-state index in [1.54, 1.807) is 45.9 Å². The summed E-state index contributed by atoms with van der Waals surface area (Å²) >= 11 is 0. The van der Waals surface area contributed by atoms with Gasteiger partial charge in [-0.25, -0.2) is 19.2 Å². The minimum absolute atomic E-state index is 0.0309. The average Bonchev–Trinajstić information content (AvgIpc) is 2.93. The zero-order valence-electron chi connectivity index (χ0n) is 55.6. The molecule has 3 aromatic carbocycles. The van der Waals surface area contributed by atoms with Gasteiger partial charge in [-0.2, -0.15) is 0 Å². The van der Waals surface area contributed by atoms with Crippen LogP contribution in [0.25, 0.3) is 11.1 Å². The molecule has 0 aliphatic heterocycles. The largest absolute Gasteiger partial charge is 0.460 e. The highest BCUT2D eigenvalue weighted by Crippen LogP contribution is 2.45. The molecule has 0 heterocycles. The van der Waals surface area contributed by atoms with E-state index in [-0.39, 0.29) is 54.4 Å². The number of esters is 3. The molecular weight excluding hydrogens is 1130 g/mol. The van der Waals surface area contributed by atoms with Crippen LogP contribution in [0.3, 0.4) is 0 Å². The summed E-state index contributed by atoms with van der Waals surface area (Å²) in [6, 6.07) is 20.9. The highest BCUT2D eigenvalue weighted by molar-refractivity contribution is 6.74. The summed E-state index contributed by atoms with van der Waals surface area (Å²) in [5.74, 6) is -5.95. The molecule has 0 saturated carbocycles. The van der Waals surface area contributed by atoms with Crippen molar-refractivity contribution >= 4 is 55.9 Å². The van der Waals surface area contributed by atoms with Crippen LogP contribution in [0.2, 0.25) is 18.1 Å². The van der Waals surface area contributed by atoms with Gasteiger partial charge in [0.25, 0.3) is 5.91 Å². The lowest BCUT2D eigenvalue weighted by molar-refractivity contribution is -0.162. The Kier molecular flexibility index (Phi) is 27.9. The Balaban J connectivity index is 1.50. The van der Waals surface area contributed by atoms with E-state index in [1.807, 2.05) is 89.2 Å². The van der Waals surface area contributed by atoms with Crippen molar-refractivity contribution in [1.29, 1.82) is 0 Å². The van der Waals surface area contributed by atoms with Gasteiger partial charge in [-0.1, -0.05) is 180 Å².